The molecule has 3 rings (SSSR count). The largest absolute Gasteiger partial charge is 0.496 e. The molecular weight excluding hydrogens is 290 g/mol. The molecule has 4 heteroatoms. The van der Waals surface area contributed by atoms with Gasteiger partial charge >= 0.3 is 0 Å². The Morgan fingerprint density at radius 2 is 1.65 bits per heavy atom. The van der Waals surface area contributed by atoms with Gasteiger partial charge in [-0.25, -0.2) is 0 Å². The molecule has 0 aromatic heterocycles. The molecule has 0 atom stereocenters. The summed E-state index contributed by atoms with van der Waals surface area (Å²) in [6, 6.07) is 8.04. The van der Waals surface area contributed by atoms with Crippen molar-refractivity contribution in [2.24, 2.45) is 0 Å². The van der Waals surface area contributed by atoms with Crippen molar-refractivity contribution in [1.82, 2.24) is 4.90 Å². The third-order valence-corrected chi connectivity index (χ3v) is 4.55. The summed E-state index contributed by atoms with van der Waals surface area (Å²) >= 11 is 0. The number of benzene rings is 2. The monoisotopic (exact) mass is 313 g/mol. The number of carbonyl (C=O) groups excluding carboxylic acids is 1. The van der Waals surface area contributed by atoms with Crippen LogP contribution in [0.15, 0.2) is 24.3 Å². The average molecular weight is 313 g/mol. The van der Waals surface area contributed by atoms with Crippen LogP contribution in [0.4, 0.5) is 0 Å². The molecule has 0 spiro atoms. The molecule has 1 aliphatic heterocycles. The minimum Gasteiger partial charge on any atom is -0.496 e. The van der Waals surface area contributed by atoms with Crippen molar-refractivity contribution in [3.05, 3.63) is 35.4 Å². The quantitative estimate of drug-likeness (QED) is 0.847. The molecule has 1 aliphatic rings. The summed E-state index contributed by atoms with van der Waals surface area (Å²) in [7, 11) is 3.36. The van der Waals surface area contributed by atoms with E-state index in [9.17, 15) is 4.79 Å². The number of unbranched alkanes of at least 4 members (excludes halogenated alkanes) is 1. The molecule has 0 fully saturated rings. The van der Waals surface area contributed by atoms with Crippen LogP contribution in [0, 0.1) is 0 Å². The first-order valence-electron chi connectivity index (χ1n) is 8.13. The predicted molar refractivity (Wildman–Crippen MR) is 91.1 cm³/mol. The molecule has 0 bridgehead atoms. The Labute approximate surface area is 137 Å². The highest BCUT2D eigenvalue weighted by Gasteiger charge is 2.30. The summed E-state index contributed by atoms with van der Waals surface area (Å²) in [4.78, 5) is 14.4. The third-order valence-electron chi connectivity index (χ3n) is 4.55. The van der Waals surface area contributed by atoms with Gasteiger partial charge in [0.2, 0.25) is 5.91 Å². The van der Waals surface area contributed by atoms with Crippen LogP contribution in [0.5, 0.6) is 11.5 Å². The Morgan fingerprint density at radius 3 is 2.22 bits per heavy atom. The maximum atomic E-state index is 12.5. The lowest BCUT2D eigenvalue weighted by atomic mass is 9.92. The Hall–Kier alpha value is -2.23. The van der Waals surface area contributed by atoms with Crippen LogP contribution in [0.3, 0.4) is 0 Å². The van der Waals surface area contributed by atoms with Gasteiger partial charge in [0.05, 0.1) is 20.6 Å². The van der Waals surface area contributed by atoms with Crippen molar-refractivity contribution in [3.63, 3.8) is 0 Å². The number of methoxy groups -OCH3 is 2. The SMILES string of the molecule is CCCCN1Cc2c(c(OC)c3ccccc3c2OC)CC1=O. The van der Waals surface area contributed by atoms with Crippen LogP contribution in [-0.2, 0) is 17.8 Å². The smallest absolute Gasteiger partial charge is 0.227 e. The number of hydrogen-bond acceptors (Lipinski definition) is 3. The van der Waals surface area contributed by atoms with E-state index in [1.807, 2.05) is 29.2 Å². The van der Waals surface area contributed by atoms with Gasteiger partial charge in [-0.1, -0.05) is 37.6 Å². The lowest BCUT2D eigenvalue weighted by Crippen LogP contribution is -2.37. The predicted octanol–water partition coefficient (Wildman–Crippen LogP) is 3.54. The van der Waals surface area contributed by atoms with E-state index < -0.39 is 0 Å². The van der Waals surface area contributed by atoms with Crippen LogP contribution in [0.2, 0.25) is 0 Å². The van der Waals surface area contributed by atoms with Gasteiger partial charge in [0, 0.05) is 35.0 Å². The van der Waals surface area contributed by atoms with Gasteiger partial charge in [0.25, 0.3) is 0 Å². The van der Waals surface area contributed by atoms with Crippen molar-refractivity contribution in [3.8, 4) is 11.5 Å². The lowest BCUT2D eigenvalue weighted by Gasteiger charge is -2.31. The zero-order chi connectivity index (χ0) is 16.4. The molecule has 0 saturated heterocycles. The van der Waals surface area contributed by atoms with Crippen molar-refractivity contribution in [1.29, 1.82) is 0 Å². The second-order valence-electron chi connectivity index (χ2n) is 5.91. The van der Waals surface area contributed by atoms with E-state index in [0.29, 0.717) is 13.0 Å². The topological polar surface area (TPSA) is 38.8 Å². The third kappa shape index (κ3) is 2.62. The zero-order valence-electron chi connectivity index (χ0n) is 14.0. The van der Waals surface area contributed by atoms with Crippen LogP contribution in [0.1, 0.15) is 30.9 Å². The first-order chi connectivity index (χ1) is 11.2. The first-order valence-corrected chi connectivity index (χ1v) is 8.13. The van der Waals surface area contributed by atoms with Crippen LogP contribution in [-0.4, -0.2) is 31.6 Å². The summed E-state index contributed by atoms with van der Waals surface area (Å²) in [5.74, 6) is 1.84. The van der Waals surface area contributed by atoms with Crippen molar-refractivity contribution >= 4 is 16.7 Å². The Bertz CT molecular complexity index is 739. The first kappa shape index (κ1) is 15.7. The molecule has 122 valence electrons. The van der Waals surface area contributed by atoms with E-state index in [4.69, 9.17) is 9.47 Å². The Kier molecular flexibility index (Phi) is 4.42. The highest BCUT2D eigenvalue weighted by molar-refractivity contribution is 5.98. The number of nitrogens with zero attached hydrogens (tertiary/aromatic N) is 1. The Morgan fingerprint density at radius 1 is 1.04 bits per heavy atom. The maximum Gasteiger partial charge on any atom is 0.227 e. The fraction of sp³-hybridized carbons (Fsp3) is 0.421. The van der Waals surface area contributed by atoms with E-state index in [-0.39, 0.29) is 5.91 Å². The minimum atomic E-state index is 0.168. The summed E-state index contributed by atoms with van der Waals surface area (Å²) in [6.45, 7) is 3.53. The number of carbonyl (C=O) groups is 1. The molecule has 0 aliphatic carbocycles. The molecule has 0 saturated carbocycles. The number of ether oxygens (including phenoxy) is 2. The molecule has 1 heterocycles. The molecule has 23 heavy (non-hydrogen) atoms. The van der Waals surface area contributed by atoms with Gasteiger partial charge in [0.15, 0.2) is 0 Å². The molecule has 2 aromatic rings. The van der Waals surface area contributed by atoms with E-state index in [1.54, 1.807) is 14.2 Å². The molecule has 0 radical (unpaired) electrons. The minimum absolute atomic E-state index is 0.168. The highest BCUT2D eigenvalue weighted by Crippen LogP contribution is 2.43. The van der Waals surface area contributed by atoms with E-state index in [1.165, 1.54) is 0 Å². The second kappa shape index (κ2) is 6.49. The van der Waals surface area contributed by atoms with Crippen LogP contribution >= 0.6 is 0 Å². The van der Waals surface area contributed by atoms with Gasteiger partial charge < -0.3 is 14.4 Å². The molecule has 1 amide bonds. The molecule has 4 nitrogen and oxygen atoms in total. The summed E-state index contributed by atoms with van der Waals surface area (Å²) in [6.07, 6.45) is 2.48. The van der Waals surface area contributed by atoms with Gasteiger partial charge in [-0.05, 0) is 6.42 Å². The van der Waals surface area contributed by atoms with Gasteiger partial charge in [-0.3, -0.25) is 4.79 Å². The van der Waals surface area contributed by atoms with Crippen LogP contribution in [0.25, 0.3) is 10.8 Å². The fourth-order valence-electron chi connectivity index (χ4n) is 3.39. The van der Waals surface area contributed by atoms with Crippen molar-refractivity contribution in [2.75, 3.05) is 20.8 Å². The molecular formula is C19H23NO3. The van der Waals surface area contributed by atoms with Gasteiger partial charge in [0.1, 0.15) is 11.5 Å². The summed E-state index contributed by atoms with van der Waals surface area (Å²) in [5.41, 5.74) is 2.06. The van der Waals surface area contributed by atoms with Crippen molar-refractivity contribution in [2.45, 2.75) is 32.7 Å². The van der Waals surface area contributed by atoms with Crippen molar-refractivity contribution < 1.29 is 14.3 Å². The van der Waals surface area contributed by atoms with E-state index >= 15 is 0 Å². The summed E-state index contributed by atoms with van der Waals surface area (Å²) in [5, 5.41) is 2.04. The molecule has 0 unspecified atom stereocenters. The highest BCUT2D eigenvalue weighted by atomic mass is 16.5. The normalized spacial score (nSPS) is 14.0. The average Bonchev–Trinajstić information content (AvgIpc) is 2.58. The fourth-order valence-corrected chi connectivity index (χ4v) is 3.39. The number of rotatable bonds is 5. The number of fused-ring (bicyclic) bond motifs is 2. The number of amides is 1. The number of hydrogen-bond donors (Lipinski definition) is 0. The standard InChI is InChI=1S/C19H23NO3/c1-4-5-10-20-12-16-15(11-17(20)21)18(22-2)13-8-6-7-9-14(13)19(16)23-3/h6-9H,4-5,10-12H2,1-3H3. The van der Waals surface area contributed by atoms with E-state index in [2.05, 4.69) is 6.92 Å². The molecule has 0 N–H and O–H groups in total. The Balaban J connectivity index is 2.18. The lowest BCUT2D eigenvalue weighted by molar-refractivity contribution is -0.132. The molecule has 2 aromatic carbocycles. The summed E-state index contributed by atoms with van der Waals surface area (Å²) < 4.78 is 11.4. The maximum absolute atomic E-state index is 12.5. The second-order valence-corrected chi connectivity index (χ2v) is 5.91. The van der Waals surface area contributed by atoms with Gasteiger partial charge in [-0.2, -0.15) is 0 Å². The van der Waals surface area contributed by atoms with E-state index in [0.717, 1.165) is 52.8 Å². The zero-order valence-corrected chi connectivity index (χ0v) is 14.0. The van der Waals surface area contributed by atoms with Crippen LogP contribution < -0.4 is 9.47 Å². The van der Waals surface area contributed by atoms with Gasteiger partial charge in [-0.15, -0.1) is 0 Å².